The number of carbonyl (C=O) groups is 3. The Morgan fingerprint density at radius 1 is 0.979 bits per heavy atom. The van der Waals surface area contributed by atoms with Gasteiger partial charge in [0.2, 0.25) is 5.91 Å². The number of fused-ring (bicyclic) bond motifs is 1. The highest BCUT2D eigenvalue weighted by molar-refractivity contribution is 6.05. The van der Waals surface area contributed by atoms with Crippen LogP contribution in [0.4, 0.5) is 17.1 Å². The normalized spacial score (nSPS) is 16.7. The molecule has 0 aliphatic carbocycles. The van der Waals surface area contributed by atoms with Crippen LogP contribution in [0.3, 0.4) is 0 Å². The Morgan fingerprint density at radius 2 is 1.69 bits per heavy atom. The number of aliphatic hydroxyl groups excluding tert-OH is 1. The number of carbonyl (C=O) groups excluding carboxylic acids is 3. The molecule has 1 aliphatic rings. The monoisotopic (exact) mass is 649 g/mol. The number of nitrogen functional groups attached to an aromatic ring is 1. The van der Waals surface area contributed by atoms with Gasteiger partial charge in [-0.1, -0.05) is 61.5 Å². The third-order valence-corrected chi connectivity index (χ3v) is 8.53. The lowest BCUT2D eigenvalue weighted by Crippen LogP contribution is -2.49. The Balaban J connectivity index is 1.28. The Bertz CT molecular complexity index is 1730. The number of hydrogen-bond acceptors (Lipinski definition) is 7. The van der Waals surface area contributed by atoms with Crippen LogP contribution in [-0.2, 0) is 17.8 Å². The molecule has 5 rings (SSSR count). The van der Waals surface area contributed by atoms with Gasteiger partial charge in [-0.25, -0.2) is 0 Å². The molecule has 48 heavy (non-hydrogen) atoms. The van der Waals surface area contributed by atoms with Crippen molar-refractivity contribution < 1.29 is 24.2 Å². The molecular formula is C38H43N5O5. The minimum absolute atomic E-state index is 0.0553. The fourth-order valence-electron chi connectivity index (χ4n) is 5.75. The molecule has 4 aromatic carbocycles. The molecule has 5 N–H and O–H groups in total. The van der Waals surface area contributed by atoms with Gasteiger partial charge in [0.1, 0.15) is 11.9 Å². The van der Waals surface area contributed by atoms with Gasteiger partial charge in [-0.05, 0) is 67.6 Å². The van der Waals surface area contributed by atoms with Crippen molar-refractivity contribution in [3.05, 3.63) is 119 Å². The summed E-state index contributed by atoms with van der Waals surface area (Å²) in [6.45, 7) is 5.23. The molecule has 0 unspecified atom stereocenters. The molecule has 0 saturated heterocycles. The van der Waals surface area contributed by atoms with E-state index in [4.69, 9.17) is 10.5 Å². The Hall–Kier alpha value is -5.19. The van der Waals surface area contributed by atoms with E-state index < -0.39 is 6.04 Å². The van der Waals surface area contributed by atoms with E-state index >= 15 is 0 Å². The van der Waals surface area contributed by atoms with Crippen LogP contribution >= 0.6 is 0 Å². The van der Waals surface area contributed by atoms with Crippen LogP contribution in [0.1, 0.15) is 45.7 Å². The molecule has 0 radical (unpaired) electrons. The summed E-state index contributed by atoms with van der Waals surface area (Å²) in [4.78, 5) is 43.2. The van der Waals surface area contributed by atoms with Crippen molar-refractivity contribution in [3.63, 3.8) is 0 Å². The second kappa shape index (κ2) is 15.6. The first-order valence-electron chi connectivity index (χ1n) is 16.1. The van der Waals surface area contributed by atoms with Gasteiger partial charge in [0.05, 0.1) is 36.0 Å². The van der Waals surface area contributed by atoms with Crippen molar-refractivity contribution in [1.29, 1.82) is 0 Å². The summed E-state index contributed by atoms with van der Waals surface area (Å²) in [6.07, 6.45) is -0.0732. The number of nitrogens with zero attached hydrogens (tertiary/aromatic N) is 2. The van der Waals surface area contributed by atoms with Crippen LogP contribution in [0.25, 0.3) is 0 Å². The average Bonchev–Trinajstić information content (AvgIpc) is 3.08. The third-order valence-electron chi connectivity index (χ3n) is 8.53. The molecule has 0 aromatic heterocycles. The van der Waals surface area contributed by atoms with Crippen LogP contribution < -0.4 is 21.1 Å². The van der Waals surface area contributed by atoms with E-state index in [0.717, 1.165) is 11.1 Å². The van der Waals surface area contributed by atoms with E-state index in [1.807, 2.05) is 75.5 Å². The Morgan fingerprint density at radius 3 is 2.40 bits per heavy atom. The standard InChI is InChI=1S/C38H43N5O5/c1-25-21-43(26(2)24-44)38(47)31-20-30(40-36(45)19-27-9-5-4-6-10-27)17-18-34(31)48-35(25)23-42(3)22-28-13-15-29(16-14-28)37(46)41-33-12-8-7-11-32(33)39/h4-18,20,25-26,35,44H,19,21-24,39H2,1-3H3,(H,40,45)(H,41,46)/t25-,26+,35-/m0/s1. The van der Waals surface area contributed by atoms with E-state index in [0.29, 0.717) is 53.6 Å². The van der Waals surface area contributed by atoms with Crippen LogP contribution in [0, 0.1) is 5.92 Å². The minimum Gasteiger partial charge on any atom is -0.488 e. The fourth-order valence-corrected chi connectivity index (χ4v) is 5.75. The van der Waals surface area contributed by atoms with Gasteiger partial charge < -0.3 is 31.1 Å². The number of aliphatic hydroxyl groups is 1. The number of ether oxygens (including phenoxy) is 1. The summed E-state index contributed by atoms with van der Waals surface area (Å²) in [5.74, 6) is -0.318. The lowest BCUT2D eigenvalue weighted by atomic mass is 9.99. The Labute approximate surface area is 281 Å². The molecule has 3 atom stereocenters. The zero-order chi connectivity index (χ0) is 34.2. The number of hydrogen-bond donors (Lipinski definition) is 4. The van der Waals surface area contributed by atoms with E-state index in [1.165, 1.54) is 0 Å². The van der Waals surface area contributed by atoms with Crippen LogP contribution in [0.15, 0.2) is 97.1 Å². The highest BCUT2D eigenvalue weighted by Gasteiger charge is 2.33. The molecule has 1 aliphatic heterocycles. The second-order valence-electron chi connectivity index (χ2n) is 12.5. The summed E-state index contributed by atoms with van der Waals surface area (Å²) < 4.78 is 6.53. The van der Waals surface area contributed by atoms with E-state index in [9.17, 15) is 19.5 Å². The van der Waals surface area contributed by atoms with Crippen molar-refractivity contribution in [3.8, 4) is 5.75 Å². The van der Waals surface area contributed by atoms with Crippen LogP contribution in [0.5, 0.6) is 5.75 Å². The predicted octanol–water partition coefficient (Wildman–Crippen LogP) is 5.05. The smallest absolute Gasteiger partial charge is 0.258 e. The fraction of sp³-hybridized carbons (Fsp3) is 0.289. The number of likely N-dealkylation sites (N-methyl/N-ethyl adjacent to an activating group) is 1. The van der Waals surface area contributed by atoms with Gasteiger partial charge in [-0.2, -0.15) is 0 Å². The zero-order valence-electron chi connectivity index (χ0n) is 27.6. The van der Waals surface area contributed by atoms with E-state index in [2.05, 4.69) is 15.5 Å². The largest absolute Gasteiger partial charge is 0.488 e. The van der Waals surface area contributed by atoms with E-state index in [-0.39, 0.29) is 42.8 Å². The molecule has 1 heterocycles. The molecule has 0 saturated carbocycles. The first-order valence-corrected chi connectivity index (χ1v) is 16.1. The van der Waals surface area contributed by atoms with Crippen molar-refractivity contribution in [2.75, 3.05) is 43.1 Å². The zero-order valence-corrected chi connectivity index (χ0v) is 27.6. The molecule has 0 fully saturated rings. The highest BCUT2D eigenvalue weighted by Crippen LogP contribution is 2.31. The topological polar surface area (TPSA) is 137 Å². The summed E-state index contributed by atoms with van der Waals surface area (Å²) in [5.41, 5.74) is 10.3. The maximum atomic E-state index is 13.8. The van der Waals surface area contributed by atoms with Gasteiger partial charge in [0.25, 0.3) is 11.8 Å². The third kappa shape index (κ3) is 8.58. The SMILES string of the molecule is C[C@H](CO)N1C[C@H](C)[C@H](CN(C)Cc2ccc(C(=O)Nc3ccccc3N)cc2)Oc2ccc(NC(=O)Cc3ccccc3)cc2C1=O. The van der Waals surface area contributed by atoms with Crippen molar-refractivity contribution in [1.82, 2.24) is 9.80 Å². The second-order valence-corrected chi connectivity index (χ2v) is 12.5. The molecular weight excluding hydrogens is 606 g/mol. The molecule has 10 heteroatoms. The van der Waals surface area contributed by atoms with Crippen molar-refractivity contribution in [2.45, 2.75) is 39.0 Å². The molecule has 0 spiro atoms. The number of nitrogens with one attached hydrogen (secondary N) is 2. The Kier molecular flexibility index (Phi) is 11.1. The molecule has 4 aromatic rings. The number of benzene rings is 4. The van der Waals surface area contributed by atoms with Crippen molar-refractivity contribution >= 4 is 34.8 Å². The van der Waals surface area contributed by atoms with Gasteiger partial charge in [0.15, 0.2) is 0 Å². The molecule has 250 valence electrons. The van der Waals surface area contributed by atoms with Gasteiger partial charge in [0, 0.05) is 36.8 Å². The lowest BCUT2D eigenvalue weighted by molar-refractivity contribution is -0.115. The van der Waals surface area contributed by atoms with E-state index in [1.54, 1.807) is 47.4 Å². The number of anilines is 3. The molecule has 0 bridgehead atoms. The van der Waals surface area contributed by atoms with Gasteiger partial charge in [-0.3, -0.25) is 19.3 Å². The van der Waals surface area contributed by atoms with Crippen LogP contribution in [-0.4, -0.2) is 71.5 Å². The maximum absolute atomic E-state index is 13.8. The number of para-hydroxylation sites is 2. The summed E-state index contributed by atoms with van der Waals surface area (Å²) in [6, 6.07) is 28.7. The number of nitrogens with two attached hydrogens (primary N) is 1. The molecule has 10 nitrogen and oxygen atoms in total. The van der Waals surface area contributed by atoms with Gasteiger partial charge in [-0.15, -0.1) is 0 Å². The first-order chi connectivity index (χ1) is 23.1. The number of rotatable bonds is 11. The van der Waals surface area contributed by atoms with Crippen LogP contribution in [0.2, 0.25) is 0 Å². The predicted molar refractivity (Wildman–Crippen MR) is 188 cm³/mol. The van der Waals surface area contributed by atoms with Crippen molar-refractivity contribution in [2.24, 2.45) is 5.92 Å². The minimum atomic E-state index is -0.408. The highest BCUT2D eigenvalue weighted by atomic mass is 16.5. The number of amides is 3. The van der Waals surface area contributed by atoms with Gasteiger partial charge >= 0.3 is 0 Å². The summed E-state index contributed by atoms with van der Waals surface area (Å²) in [7, 11) is 2.00. The quantitative estimate of drug-likeness (QED) is 0.167. The lowest BCUT2D eigenvalue weighted by Gasteiger charge is -2.38. The maximum Gasteiger partial charge on any atom is 0.258 e. The summed E-state index contributed by atoms with van der Waals surface area (Å²) >= 11 is 0. The summed E-state index contributed by atoms with van der Waals surface area (Å²) in [5, 5.41) is 15.8. The average molecular weight is 650 g/mol. The first kappa shape index (κ1) is 34.2. The molecule has 3 amide bonds.